The van der Waals surface area contributed by atoms with Crippen molar-refractivity contribution in [3.8, 4) is 11.3 Å². The highest BCUT2D eigenvalue weighted by molar-refractivity contribution is 7.09. The molecule has 33 heavy (non-hydrogen) atoms. The summed E-state index contributed by atoms with van der Waals surface area (Å²) in [4.78, 5) is 31.9. The van der Waals surface area contributed by atoms with Crippen LogP contribution in [0.3, 0.4) is 0 Å². The van der Waals surface area contributed by atoms with Crippen LogP contribution in [-0.4, -0.2) is 28.0 Å². The monoisotopic (exact) mass is 460 g/mol. The molecule has 168 valence electrons. The first-order chi connectivity index (χ1) is 16.1. The number of carbonyl (C=O) groups excluding carboxylic acids is 2. The summed E-state index contributed by atoms with van der Waals surface area (Å²) in [5.74, 6) is -0.203. The topological polar surface area (TPSA) is 97.1 Å². The lowest BCUT2D eigenvalue weighted by molar-refractivity contribution is -0.123. The zero-order chi connectivity index (χ0) is 22.8. The molecule has 0 bridgehead atoms. The van der Waals surface area contributed by atoms with Crippen LogP contribution in [0.5, 0.6) is 0 Å². The fraction of sp³-hybridized carbons (Fsp3) is 0.280. The number of fused-ring (bicyclic) bond motifs is 1. The maximum atomic E-state index is 13.5. The number of benzene rings is 1. The third-order valence-corrected chi connectivity index (χ3v) is 6.68. The Morgan fingerprint density at radius 3 is 2.70 bits per heavy atom. The van der Waals surface area contributed by atoms with Crippen LogP contribution in [-0.2, 0) is 11.3 Å². The van der Waals surface area contributed by atoms with E-state index in [4.69, 9.17) is 4.52 Å². The Bertz CT molecular complexity index is 1280. The molecule has 1 fully saturated rings. The van der Waals surface area contributed by atoms with Crippen molar-refractivity contribution in [2.24, 2.45) is 0 Å². The van der Waals surface area contributed by atoms with Gasteiger partial charge in [0.25, 0.3) is 11.6 Å². The lowest BCUT2D eigenvalue weighted by Crippen LogP contribution is -2.46. The van der Waals surface area contributed by atoms with Crippen LogP contribution in [0.4, 0.5) is 0 Å². The number of hydrogen-bond donors (Lipinski definition) is 2. The molecule has 1 atom stereocenters. The van der Waals surface area contributed by atoms with Crippen molar-refractivity contribution in [3.63, 3.8) is 0 Å². The van der Waals surface area contributed by atoms with Crippen molar-refractivity contribution in [2.45, 2.75) is 44.7 Å². The average Bonchev–Trinajstić information content (AvgIpc) is 3.39. The summed E-state index contributed by atoms with van der Waals surface area (Å²) in [6, 6.07) is 14.7. The van der Waals surface area contributed by atoms with Crippen molar-refractivity contribution >= 4 is 34.3 Å². The van der Waals surface area contributed by atoms with E-state index in [9.17, 15) is 9.59 Å². The molecule has 0 aliphatic heterocycles. The minimum Gasteiger partial charge on any atom is -0.349 e. The normalized spacial score (nSPS) is 14.2. The molecule has 2 amide bonds. The predicted molar refractivity (Wildman–Crippen MR) is 127 cm³/mol. The van der Waals surface area contributed by atoms with E-state index in [1.165, 1.54) is 0 Å². The van der Waals surface area contributed by atoms with E-state index in [2.05, 4.69) is 20.8 Å². The summed E-state index contributed by atoms with van der Waals surface area (Å²) in [6.45, 7) is 2.32. The molecule has 4 aromatic rings. The number of thiophene rings is 1. The maximum Gasteiger partial charge on any atom is 0.259 e. The van der Waals surface area contributed by atoms with E-state index in [1.807, 2.05) is 60.8 Å². The smallest absolute Gasteiger partial charge is 0.259 e. The first-order valence-electron chi connectivity index (χ1n) is 11.1. The number of nitrogens with zero attached hydrogens (tertiary/aromatic N) is 2. The van der Waals surface area contributed by atoms with Gasteiger partial charge in [0, 0.05) is 22.1 Å². The second kappa shape index (κ2) is 9.15. The Labute approximate surface area is 195 Å². The fourth-order valence-corrected chi connectivity index (χ4v) is 4.47. The highest BCUT2D eigenvalue weighted by atomic mass is 32.1. The molecule has 5 rings (SSSR count). The first-order valence-corrected chi connectivity index (χ1v) is 12.0. The van der Waals surface area contributed by atoms with Crippen LogP contribution >= 0.6 is 11.3 Å². The second-order valence-electron chi connectivity index (χ2n) is 8.18. The van der Waals surface area contributed by atoms with Crippen LogP contribution < -0.4 is 10.6 Å². The standard InChI is InChI=1S/C25H24N4O3S/c1-2-19(24(31)26-14-17-9-6-12-33-17)27-23(30)18-13-20(15-10-11-15)28-25-21(18)22(29-32-25)16-7-4-3-5-8-16/h3-9,12-13,15,19H,2,10-11,14H2,1H3,(H,26,31)(H,27,30). The van der Waals surface area contributed by atoms with Crippen molar-refractivity contribution in [1.29, 1.82) is 0 Å². The van der Waals surface area contributed by atoms with Gasteiger partial charge in [0.1, 0.15) is 11.7 Å². The van der Waals surface area contributed by atoms with Crippen LogP contribution in [0.2, 0.25) is 0 Å². The van der Waals surface area contributed by atoms with Crippen molar-refractivity contribution in [1.82, 2.24) is 20.8 Å². The van der Waals surface area contributed by atoms with Gasteiger partial charge in [-0.1, -0.05) is 48.5 Å². The quantitative estimate of drug-likeness (QED) is 0.399. The summed E-state index contributed by atoms with van der Waals surface area (Å²) < 4.78 is 5.55. The van der Waals surface area contributed by atoms with Gasteiger partial charge in [0.2, 0.25) is 5.91 Å². The highest BCUT2D eigenvalue weighted by Gasteiger charge is 2.30. The van der Waals surface area contributed by atoms with E-state index >= 15 is 0 Å². The summed E-state index contributed by atoms with van der Waals surface area (Å²) >= 11 is 1.58. The van der Waals surface area contributed by atoms with Gasteiger partial charge in [0.15, 0.2) is 0 Å². The number of pyridine rings is 1. The molecular weight excluding hydrogens is 436 g/mol. The minimum atomic E-state index is -0.648. The van der Waals surface area contributed by atoms with Gasteiger partial charge in [-0.05, 0) is 36.8 Å². The fourth-order valence-electron chi connectivity index (χ4n) is 3.83. The lowest BCUT2D eigenvalue weighted by atomic mass is 10.0. The molecule has 2 N–H and O–H groups in total. The Kier molecular flexibility index (Phi) is 5.92. The lowest BCUT2D eigenvalue weighted by Gasteiger charge is -2.17. The SMILES string of the molecule is CCC(NC(=O)c1cc(C2CC2)nc2onc(-c3ccccc3)c12)C(=O)NCc1cccs1. The van der Waals surface area contributed by atoms with E-state index in [0.29, 0.717) is 41.2 Å². The number of amides is 2. The van der Waals surface area contributed by atoms with Gasteiger partial charge in [-0.15, -0.1) is 11.3 Å². The summed E-state index contributed by atoms with van der Waals surface area (Å²) in [5, 5.41) is 12.6. The maximum absolute atomic E-state index is 13.5. The second-order valence-corrected chi connectivity index (χ2v) is 9.21. The minimum absolute atomic E-state index is 0.208. The summed E-state index contributed by atoms with van der Waals surface area (Å²) in [6.07, 6.45) is 2.56. The summed E-state index contributed by atoms with van der Waals surface area (Å²) in [7, 11) is 0. The van der Waals surface area contributed by atoms with Crippen molar-refractivity contribution < 1.29 is 14.1 Å². The van der Waals surface area contributed by atoms with Crippen LogP contribution in [0.25, 0.3) is 22.4 Å². The van der Waals surface area contributed by atoms with Crippen LogP contribution in [0, 0.1) is 0 Å². The van der Waals surface area contributed by atoms with Gasteiger partial charge < -0.3 is 15.2 Å². The van der Waals surface area contributed by atoms with E-state index in [0.717, 1.165) is 29.0 Å². The molecule has 3 heterocycles. The number of nitrogens with one attached hydrogen (secondary N) is 2. The van der Waals surface area contributed by atoms with Crippen molar-refractivity contribution in [2.75, 3.05) is 0 Å². The molecule has 3 aromatic heterocycles. The van der Waals surface area contributed by atoms with Gasteiger partial charge in [-0.25, -0.2) is 4.98 Å². The molecule has 1 aromatic carbocycles. The molecule has 0 saturated heterocycles. The van der Waals surface area contributed by atoms with E-state index < -0.39 is 6.04 Å². The van der Waals surface area contributed by atoms with Crippen molar-refractivity contribution in [3.05, 3.63) is 70.0 Å². The Balaban J connectivity index is 1.45. The van der Waals surface area contributed by atoms with Crippen LogP contribution in [0.15, 0.2) is 58.4 Å². The Morgan fingerprint density at radius 2 is 2.00 bits per heavy atom. The zero-order valence-corrected chi connectivity index (χ0v) is 19.0. The van der Waals surface area contributed by atoms with E-state index in [1.54, 1.807) is 11.3 Å². The average molecular weight is 461 g/mol. The number of hydrogen-bond acceptors (Lipinski definition) is 6. The molecule has 0 spiro atoms. The summed E-state index contributed by atoms with van der Waals surface area (Å²) in [5.41, 5.74) is 3.02. The first kappa shape index (κ1) is 21.3. The van der Waals surface area contributed by atoms with E-state index in [-0.39, 0.29) is 11.8 Å². The Morgan fingerprint density at radius 1 is 1.18 bits per heavy atom. The molecule has 1 aliphatic carbocycles. The molecule has 1 saturated carbocycles. The zero-order valence-electron chi connectivity index (χ0n) is 18.2. The molecule has 1 aliphatic rings. The molecule has 0 radical (unpaired) electrons. The third-order valence-electron chi connectivity index (χ3n) is 5.80. The number of aromatic nitrogens is 2. The third kappa shape index (κ3) is 4.52. The molecule has 7 nitrogen and oxygen atoms in total. The molecule has 1 unspecified atom stereocenters. The number of rotatable bonds is 8. The number of carbonyl (C=O) groups is 2. The van der Waals surface area contributed by atoms with Gasteiger partial charge in [-0.2, -0.15) is 0 Å². The highest BCUT2D eigenvalue weighted by Crippen LogP contribution is 2.41. The van der Waals surface area contributed by atoms with Gasteiger partial charge >= 0.3 is 0 Å². The largest absolute Gasteiger partial charge is 0.349 e. The molecule has 8 heteroatoms. The Hall–Kier alpha value is -3.52. The molecular formula is C25H24N4O3S. The van der Waals surface area contributed by atoms with Gasteiger partial charge in [-0.3, -0.25) is 9.59 Å². The van der Waals surface area contributed by atoms with Gasteiger partial charge in [0.05, 0.1) is 17.5 Å². The predicted octanol–water partition coefficient (Wildman–Crippen LogP) is 4.65. The van der Waals surface area contributed by atoms with Crippen LogP contribution in [0.1, 0.15) is 53.0 Å².